The fourth-order valence-corrected chi connectivity index (χ4v) is 1.86. The molecule has 0 aliphatic heterocycles. The lowest BCUT2D eigenvalue weighted by Gasteiger charge is -2.08. The molecular weight excluding hydrogens is 290 g/mol. The molecule has 2 aromatic rings. The van der Waals surface area contributed by atoms with E-state index < -0.39 is 0 Å². The van der Waals surface area contributed by atoms with Gasteiger partial charge in [0.25, 0.3) is 5.91 Å². The van der Waals surface area contributed by atoms with E-state index in [9.17, 15) is 4.79 Å². The predicted molar refractivity (Wildman–Crippen MR) is 82.3 cm³/mol. The third-order valence-corrected chi connectivity index (χ3v) is 3.05. The summed E-state index contributed by atoms with van der Waals surface area (Å²) < 4.78 is 10.6. The molecule has 0 heterocycles. The lowest BCUT2D eigenvalue weighted by Crippen LogP contribution is -2.28. The molecule has 0 aromatic heterocycles. The molecule has 0 aliphatic carbocycles. The smallest absolute Gasteiger partial charge is 0.251 e. The van der Waals surface area contributed by atoms with Crippen molar-refractivity contribution in [3.63, 3.8) is 0 Å². The minimum atomic E-state index is -0.159. The van der Waals surface area contributed by atoms with Crippen molar-refractivity contribution in [2.24, 2.45) is 0 Å². The van der Waals surface area contributed by atoms with Gasteiger partial charge in [0.2, 0.25) is 0 Å². The molecule has 2 rings (SSSR count). The zero-order chi connectivity index (χ0) is 15.1. The van der Waals surface area contributed by atoms with Crippen molar-refractivity contribution in [1.82, 2.24) is 5.32 Å². The molecule has 0 saturated heterocycles. The summed E-state index contributed by atoms with van der Waals surface area (Å²) in [7, 11) is 1.57. The number of hydrogen-bond donors (Lipinski definition) is 1. The summed E-state index contributed by atoms with van der Waals surface area (Å²) in [6.07, 6.45) is 0. The van der Waals surface area contributed by atoms with Crippen molar-refractivity contribution in [1.29, 1.82) is 0 Å². The van der Waals surface area contributed by atoms with Gasteiger partial charge >= 0.3 is 0 Å². The molecule has 0 saturated carbocycles. The van der Waals surface area contributed by atoms with Gasteiger partial charge in [-0.1, -0.05) is 17.7 Å². The van der Waals surface area contributed by atoms with E-state index in [1.807, 2.05) is 0 Å². The van der Waals surface area contributed by atoms with Crippen LogP contribution in [-0.2, 0) is 0 Å². The Bertz CT molecular complexity index is 599. The Morgan fingerprint density at radius 2 is 1.90 bits per heavy atom. The normalized spacial score (nSPS) is 10.0. The summed E-state index contributed by atoms with van der Waals surface area (Å²) in [5, 5.41) is 3.45. The minimum Gasteiger partial charge on any atom is -0.497 e. The Morgan fingerprint density at radius 1 is 1.14 bits per heavy atom. The van der Waals surface area contributed by atoms with Crippen LogP contribution >= 0.6 is 11.6 Å². The van der Waals surface area contributed by atoms with Gasteiger partial charge in [0.05, 0.1) is 13.7 Å². The molecule has 110 valence electrons. The van der Waals surface area contributed by atoms with Crippen LogP contribution in [0, 0.1) is 0 Å². The van der Waals surface area contributed by atoms with Crippen LogP contribution in [0.15, 0.2) is 48.5 Å². The maximum Gasteiger partial charge on any atom is 0.251 e. The van der Waals surface area contributed by atoms with Gasteiger partial charge in [0, 0.05) is 10.6 Å². The number of nitrogens with one attached hydrogen (secondary N) is 1. The standard InChI is InChI=1S/C16H16ClNO3/c1-20-15-4-2-3-12(11-15)16(19)18-9-10-21-14-7-5-13(17)6-8-14/h2-8,11H,9-10H2,1H3,(H,18,19). The second-order valence-electron chi connectivity index (χ2n) is 4.29. The second kappa shape index (κ2) is 7.55. The zero-order valence-electron chi connectivity index (χ0n) is 11.6. The van der Waals surface area contributed by atoms with E-state index in [1.165, 1.54) is 0 Å². The first-order valence-electron chi connectivity index (χ1n) is 6.49. The van der Waals surface area contributed by atoms with E-state index >= 15 is 0 Å². The quantitative estimate of drug-likeness (QED) is 0.834. The summed E-state index contributed by atoms with van der Waals surface area (Å²) in [6.45, 7) is 0.802. The maximum absolute atomic E-state index is 11.9. The van der Waals surface area contributed by atoms with E-state index in [0.29, 0.717) is 29.5 Å². The van der Waals surface area contributed by atoms with Gasteiger partial charge in [-0.25, -0.2) is 0 Å². The topological polar surface area (TPSA) is 47.6 Å². The van der Waals surface area contributed by atoms with Crippen molar-refractivity contribution >= 4 is 17.5 Å². The number of ether oxygens (including phenoxy) is 2. The van der Waals surface area contributed by atoms with Crippen molar-refractivity contribution < 1.29 is 14.3 Å². The van der Waals surface area contributed by atoms with Crippen LogP contribution < -0.4 is 14.8 Å². The van der Waals surface area contributed by atoms with E-state index in [1.54, 1.807) is 55.6 Å². The first-order chi connectivity index (χ1) is 10.2. The lowest BCUT2D eigenvalue weighted by molar-refractivity contribution is 0.0946. The van der Waals surface area contributed by atoms with Gasteiger partial charge in [-0.05, 0) is 42.5 Å². The highest BCUT2D eigenvalue weighted by Gasteiger charge is 2.05. The van der Waals surface area contributed by atoms with Gasteiger partial charge in [0.15, 0.2) is 0 Å². The van der Waals surface area contributed by atoms with E-state index in [2.05, 4.69) is 5.32 Å². The molecule has 0 bridgehead atoms. The molecule has 1 N–H and O–H groups in total. The van der Waals surface area contributed by atoms with Crippen LogP contribution in [-0.4, -0.2) is 26.2 Å². The van der Waals surface area contributed by atoms with Gasteiger partial charge in [-0.2, -0.15) is 0 Å². The number of carbonyl (C=O) groups excluding carboxylic acids is 1. The first-order valence-corrected chi connectivity index (χ1v) is 6.87. The fourth-order valence-electron chi connectivity index (χ4n) is 1.73. The minimum absolute atomic E-state index is 0.159. The summed E-state index contributed by atoms with van der Waals surface area (Å²) in [5.41, 5.74) is 0.556. The molecule has 5 heteroatoms. The zero-order valence-corrected chi connectivity index (χ0v) is 12.4. The van der Waals surface area contributed by atoms with Crippen LogP contribution in [0.25, 0.3) is 0 Å². The van der Waals surface area contributed by atoms with Gasteiger partial charge < -0.3 is 14.8 Å². The molecule has 0 radical (unpaired) electrons. The van der Waals surface area contributed by atoms with E-state index in [-0.39, 0.29) is 5.91 Å². The molecule has 0 aliphatic rings. The number of methoxy groups -OCH3 is 1. The SMILES string of the molecule is COc1cccc(C(=O)NCCOc2ccc(Cl)cc2)c1. The molecule has 4 nitrogen and oxygen atoms in total. The molecule has 0 spiro atoms. The number of carbonyl (C=O) groups is 1. The first kappa shape index (κ1) is 15.2. The number of amides is 1. The molecule has 21 heavy (non-hydrogen) atoms. The lowest BCUT2D eigenvalue weighted by atomic mass is 10.2. The van der Waals surface area contributed by atoms with Crippen molar-refractivity contribution in [2.75, 3.05) is 20.3 Å². The third kappa shape index (κ3) is 4.68. The Kier molecular flexibility index (Phi) is 5.46. The Morgan fingerprint density at radius 3 is 2.62 bits per heavy atom. The van der Waals surface area contributed by atoms with Crippen molar-refractivity contribution in [3.8, 4) is 11.5 Å². The highest BCUT2D eigenvalue weighted by molar-refractivity contribution is 6.30. The largest absolute Gasteiger partial charge is 0.497 e. The molecular formula is C16H16ClNO3. The van der Waals surface area contributed by atoms with Crippen LogP contribution in [0.5, 0.6) is 11.5 Å². The predicted octanol–water partition coefficient (Wildman–Crippen LogP) is 3.16. The highest BCUT2D eigenvalue weighted by atomic mass is 35.5. The molecule has 2 aromatic carbocycles. The number of halogens is 1. The molecule has 0 atom stereocenters. The summed E-state index contributed by atoms with van der Waals surface area (Å²) in [5.74, 6) is 1.21. The van der Waals surface area contributed by atoms with Gasteiger partial charge in [0.1, 0.15) is 18.1 Å². The van der Waals surface area contributed by atoms with Crippen LogP contribution in [0.4, 0.5) is 0 Å². The molecule has 0 fully saturated rings. The number of rotatable bonds is 6. The Labute approximate surface area is 128 Å². The van der Waals surface area contributed by atoms with Crippen LogP contribution in [0.2, 0.25) is 5.02 Å². The van der Waals surface area contributed by atoms with E-state index in [4.69, 9.17) is 21.1 Å². The fraction of sp³-hybridized carbons (Fsp3) is 0.188. The summed E-state index contributed by atoms with van der Waals surface area (Å²) in [4.78, 5) is 11.9. The number of hydrogen-bond acceptors (Lipinski definition) is 3. The molecule has 1 amide bonds. The Balaban J connectivity index is 1.77. The van der Waals surface area contributed by atoms with Crippen molar-refractivity contribution in [3.05, 3.63) is 59.1 Å². The number of benzene rings is 2. The van der Waals surface area contributed by atoms with E-state index in [0.717, 1.165) is 5.75 Å². The maximum atomic E-state index is 11.9. The van der Waals surface area contributed by atoms with Crippen LogP contribution in [0.1, 0.15) is 10.4 Å². The summed E-state index contributed by atoms with van der Waals surface area (Å²) >= 11 is 5.78. The van der Waals surface area contributed by atoms with Crippen LogP contribution in [0.3, 0.4) is 0 Å². The second-order valence-corrected chi connectivity index (χ2v) is 4.73. The monoisotopic (exact) mass is 305 g/mol. The highest BCUT2D eigenvalue weighted by Crippen LogP contribution is 2.15. The Hall–Kier alpha value is -2.20. The average molecular weight is 306 g/mol. The van der Waals surface area contributed by atoms with Gasteiger partial charge in [-0.3, -0.25) is 4.79 Å². The van der Waals surface area contributed by atoms with Gasteiger partial charge in [-0.15, -0.1) is 0 Å². The summed E-state index contributed by atoms with van der Waals surface area (Å²) in [6, 6.07) is 14.1. The average Bonchev–Trinajstić information content (AvgIpc) is 2.53. The van der Waals surface area contributed by atoms with Crippen molar-refractivity contribution in [2.45, 2.75) is 0 Å². The molecule has 0 unspecified atom stereocenters. The third-order valence-electron chi connectivity index (χ3n) is 2.80.